The van der Waals surface area contributed by atoms with E-state index < -0.39 is 39.0 Å². The molecule has 1 atom stereocenters. The largest absolute Gasteiger partial charge is 0.330 e. The van der Waals surface area contributed by atoms with Crippen molar-refractivity contribution in [3.8, 4) is 0 Å². The van der Waals surface area contributed by atoms with Crippen molar-refractivity contribution in [3.05, 3.63) is 68.6 Å². The second-order valence-corrected chi connectivity index (χ2v) is 10.5. The van der Waals surface area contributed by atoms with Crippen LogP contribution < -0.4 is 21.3 Å². The number of hydrogen-bond donors (Lipinski definition) is 2. The van der Waals surface area contributed by atoms with Crippen molar-refractivity contribution in [2.24, 2.45) is 14.1 Å². The van der Waals surface area contributed by atoms with Gasteiger partial charge in [0.15, 0.2) is 0 Å². The lowest BCUT2D eigenvalue weighted by Crippen LogP contribution is -2.44. The molecule has 1 heterocycles. The third-order valence-corrected chi connectivity index (χ3v) is 7.53. The number of nitrogens with one attached hydrogen (secondary N) is 2. The molecule has 0 aliphatic rings. The second kappa shape index (κ2) is 10.1. The van der Waals surface area contributed by atoms with E-state index in [2.05, 4.69) is 10.0 Å². The molecule has 2 aromatic carbocycles. The summed E-state index contributed by atoms with van der Waals surface area (Å²) in [6.45, 7) is 1.59. The Labute approximate surface area is 200 Å². The molecule has 12 heteroatoms. The van der Waals surface area contributed by atoms with E-state index in [9.17, 15) is 27.2 Å². The number of carbonyl (C=O) groups excluding carboxylic acids is 1. The Bertz CT molecular complexity index is 1480. The lowest BCUT2D eigenvalue weighted by molar-refractivity contribution is -0.117. The van der Waals surface area contributed by atoms with Crippen LogP contribution in [0, 0.1) is 12.7 Å². The molecule has 0 aliphatic heterocycles. The summed E-state index contributed by atoms with van der Waals surface area (Å²) in [7, 11) is -1.43. The van der Waals surface area contributed by atoms with Crippen LogP contribution in [-0.4, -0.2) is 41.5 Å². The summed E-state index contributed by atoms with van der Waals surface area (Å²) in [4.78, 5) is 37.3. The topological polar surface area (TPSA) is 119 Å². The summed E-state index contributed by atoms with van der Waals surface area (Å²) in [6.07, 6.45) is 2.01. The van der Waals surface area contributed by atoms with Crippen molar-refractivity contribution in [3.63, 3.8) is 0 Å². The minimum absolute atomic E-state index is 0.0488. The first-order chi connectivity index (χ1) is 16.0. The quantitative estimate of drug-likeness (QED) is 0.478. The molecule has 0 bridgehead atoms. The van der Waals surface area contributed by atoms with Crippen molar-refractivity contribution in [1.29, 1.82) is 0 Å². The van der Waals surface area contributed by atoms with Crippen LogP contribution in [0.4, 0.5) is 10.1 Å². The highest BCUT2D eigenvalue weighted by Gasteiger charge is 2.26. The fourth-order valence-corrected chi connectivity index (χ4v) is 5.10. The van der Waals surface area contributed by atoms with Crippen molar-refractivity contribution in [2.45, 2.75) is 24.3 Å². The van der Waals surface area contributed by atoms with E-state index in [0.717, 1.165) is 10.6 Å². The number of carbonyl (C=O) groups is 1. The predicted molar refractivity (Wildman–Crippen MR) is 131 cm³/mol. The van der Waals surface area contributed by atoms with E-state index in [0.29, 0.717) is 11.3 Å². The van der Waals surface area contributed by atoms with E-state index in [1.54, 1.807) is 6.92 Å². The van der Waals surface area contributed by atoms with Gasteiger partial charge in [0.05, 0.1) is 15.8 Å². The highest BCUT2D eigenvalue weighted by Crippen LogP contribution is 2.18. The molecule has 0 aliphatic carbocycles. The van der Waals surface area contributed by atoms with Crippen LogP contribution in [0.1, 0.15) is 12.0 Å². The van der Waals surface area contributed by atoms with Gasteiger partial charge < -0.3 is 5.32 Å². The molecule has 0 radical (unpaired) electrons. The number of anilines is 1. The number of thioether (sulfide) groups is 1. The number of benzene rings is 2. The van der Waals surface area contributed by atoms with E-state index in [4.69, 9.17) is 0 Å². The van der Waals surface area contributed by atoms with Crippen molar-refractivity contribution < 1.29 is 17.6 Å². The number of hydrogen-bond acceptors (Lipinski definition) is 6. The number of amides is 1. The van der Waals surface area contributed by atoms with Crippen LogP contribution in [0.2, 0.25) is 0 Å². The fourth-order valence-electron chi connectivity index (χ4n) is 3.38. The van der Waals surface area contributed by atoms with Crippen LogP contribution >= 0.6 is 11.8 Å². The maximum atomic E-state index is 13.9. The zero-order valence-corrected chi connectivity index (χ0v) is 20.7. The molecule has 0 spiro atoms. The summed E-state index contributed by atoms with van der Waals surface area (Å²) in [5, 5.41) is 2.60. The molecule has 0 unspecified atom stereocenters. The van der Waals surface area contributed by atoms with Crippen LogP contribution in [0.3, 0.4) is 0 Å². The standard InChI is InChI=1S/C22H25FN4O5S2/c1-13-5-6-14(11-17(13)23)24-20(28)18(9-10-33-4)25-34(31,32)15-7-8-19-16(12-15)21(29)27(3)22(30)26(19)2/h5-8,11-12,18,25H,9-10H2,1-4H3,(H,24,28)/t18-/m1/s1. The Hall–Kier alpha value is -2.96. The zero-order chi connectivity index (χ0) is 25.2. The Kier molecular flexibility index (Phi) is 7.64. The minimum Gasteiger partial charge on any atom is -0.325 e. The Morgan fingerprint density at radius 2 is 1.82 bits per heavy atom. The zero-order valence-electron chi connectivity index (χ0n) is 19.1. The van der Waals surface area contributed by atoms with Gasteiger partial charge >= 0.3 is 5.69 Å². The second-order valence-electron chi connectivity index (χ2n) is 7.79. The van der Waals surface area contributed by atoms with Gasteiger partial charge in [-0.2, -0.15) is 16.5 Å². The Balaban J connectivity index is 1.94. The van der Waals surface area contributed by atoms with Gasteiger partial charge in [-0.05, 0) is 61.2 Å². The van der Waals surface area contributed by atoms with Gasteiger partial charge in [-0.25, -0.2) is 17.6 Å². The molecule has 182 valence electrons. The summed E-state index contributed by atoms with van der Waals surface area (Å²) < 4.78 is 44.6. The number of rotatable bonds is 8. The van der Waals surface area contributed by atoms with Crippen LogP contribution in [0.15, 0.2) is 50.9 Å². The van der Waals surface area contributed by atoms with Gasteiger partial charge in [0.1, 0.15) is 11.9 Å². The number of halogens is 1. The van der Waals surface area contributed by atoms with E-state index in [-0.39, 0.29) is 27.9 Å². The first-order valence-electron chi connectivity index (χ1n) is 10.2. The molecule has 9 nitrogen and oxygen atoms in total. The summed E-state index contributed by atoms with van der Waals surface area (Å²) in [5.41, 5.74) is -0.264. The van der Waals surface area contributed by atoms with Gasteiger partial charge in [-0.15, -0.1) is 0 Å². The smallest absolute Gasteiger partial charge is 0.325 e. The number of sulfonamides is 1. The van der Waals surface area contributed by atoms with Crippen LogP contribution in [0.25, 0.3) is 10.9 Å². The highest BCUT2D eigenvalue weighted by atomic mass is 32.2. The monoisotopic (exact) mass is 508 g/mol. The summed E-state index contributed by atoms with van der Waals surface area (Å²) in [5.74, 6) is -0.644. The maximum Gasteiger partial charge on any atom is 0.330 e. The molecule has 3 aromatic rings. The predicted octanol–water partition coefficient (Wildman–Crippen LogP) is 1.72. The number of aryl methyl sites for hydroxylation is 2. The van der Waals surface area contributed by atoms with E-state index in [1.807, 2.05) is 6.26 Å². The minimum atomic E-state index is -4.22. The van der Waals surface area contributed by atoms with Gasteiger partial charge in [-0.1, -0.05) is 6.07 Å². The fraction of sp³-hybridized carbons (Fsp3) is 0.318. The Morgan fingerprint density at radius 3 is 2.47 bits per heavy atom. The van der Waals surface area contributed by atoms with Crippen molar-refractivity contribution in [1.82, 2.24) is 13.9 Å². The first-order valence-corrected chi connectivity index (χ1v) is 13.1. The molecule has 0 saturated carbocycles. The van der Waals surface area contributed by atoms with Crippen LogP contribution in [0.5, 0.6) is 0 Å². The van der Waals surface area contributed by atoms with Gasteiger partial charge in [0.2, 0.25) is 15.9 Å². The van der Waals surface area contributed by atoms with E-state index in [1.165, 1.54) is 60.8 Å². The normalized spacial score (nSPS) is 12.6. The highest BCUT2D eigenvalue weighted by molar-refractivity contribution is 7.98. The molecule has 0 saturated heterocycles. The van der Waals surface area contributed by atoms with Gasteiger partial charge in [-0.3, -0.25) is 18.7 Å². The molecule has 0 fully saturated rings. The average molecular weight is 509 g/mol. The SMILES string of the molecule is CSCC[C@@H](NS(=O)(=O)c1ccc2c(c1)c(=O)n(C)c(=O)n2C)C(=O)Nc1ccc(C)c(F)c1. The molecule has 3 rings (SSSR count). The molecule has 1 aromatic heterocycles. The first kappa shape index (κ1) is 25.7. The number of fused-ring (bicyclic) bond motifs is 1. The third-order valence-electron chi connectivity index (χ3n) is 5.41. The average Bonchev–Trinajstić information content (AvgIpc) is 2.80. The van der Waals surface area contributed by atoms with Crippen LogP contribution in [-0.2, 0) is 28.9 Å². The molecule has 34 heavy (non-hydrogen) atoms. The third kappa shape index (κ3) is 5.24. The Morgan fingerprint density at radius 1 is 1.12 bits per heavy atom. The lowest BCUT2D eigenvalue weighted by Gasteiger charge is -2.19. The van der Waals surface area contributed by atoms with E-state index >= 15 is 0 Å². The summed E-state index contributed by atoms with van der Waals surface area (Å²) in [6, 6.07) is 6.88. The van der Waals surface area contributed by atoms with Crippen molar-refractivity contribution >= 4 is 44.3 Å². The van der Waals surface area contributed by atoms with Gasteiger partial charge in [0, 0.05) is 19.8 Å². The molecular weight excluding hydrogens is 483 g/mol. The lowest BCUT2D eigenvalue weighted by atomic mass is 10.2. The number of aromatic nitrogens is 2. The molecule has 2 N–H and O–H groups in total. The van der Waals surface area contributed by atoms with Gasteiger partial charge in [0.25, 0.3) is 5.56 Å². The molecule has 1 amide bonds. The maximum absolute atomic E-state index is 13.9. The number of nitrogens with zero attached hydrogens (tertiary/aromatic N) is 2. The summed E-state index contributed by atoms with van der Waals surface area (Å²) >= 11 is 1.44. The van der Waals surface area contributed by atoms with Crippen molar-refractivity contribution in [2.75, 3.05) is 17.3 Å². The molecular formula is C22H25FN4O5S2.